The van der Waals surface area contributed by atoms with Crippen molar-refractivity contribution in [2.45, 2.75) is 27.0 Å². The molecule has 1 aromatic heterocycles. The Hall–Kier alpha value is -3.79. The first kappa shape index (κ1) is 24.8. The molecule has 0 spiro atoms. The van der Waals surface area contributed by atoms with Gasteiger partial charge in [0, 0.05) is 5.56 Å². The number of carbonyl (C=O) groups excluding carboxylic acids is 3. The lowest BCUT2D eigenvalue weighted by atomic mass is 10.1. The van der Waals surface area contributed by atoms with E-state index in [9.17, 15) is 23.2 Å². The summed E-state index contributed by atoms with van der Waals surface area (Å²) in [5.74, 6) is -2.69. The van der Waals surface area contributed by atoms with E-state index in [2.05, 4.69) is 9.84 Å². The van der Waals surface area contributed by atoms with Gasteiger partial charge in [0.15, 0.2) is 6.61 Å². The summed E-state index contributed by atoms with van der Waals surface area (Å²) in [4.78, 5) is 36.6. The van der Waals surface area contributed by atoms with Crippen molar-refractivity contribution in [1.82, 2.24) is 15.1 Å². The van der Waals surface area contributed by atoms with Crippen LogP contribution in [0.1, 0.15) is 37.5 Å². The lowest BCUT2D eigenvalue weighted by Crippen LogP contribution is -2.34. The van der Waals surface area contributed by atoms with E-state index in [-0.39, 0.29) is 22.0 Å². The topological polar surface area (TPSA) is 99.5 Å². The van der Waals surface area contributed by atoms with Gasteiger partial charge in [-0.2, -0.15) is 13.9 Å². The summed E-state index contributed by atoms with van der Waals surface area (Å²) in [5, 5.41) is 6.36. The van der Waals surface area contributed by atoms with Crippen molar-refractivity contribution in [2.24, 2.45) is 0 Å². The van der Waals surface area contributed by atoms with Gasteiger partial charge in [-0.05, 0) is 43.7 Å². The molecule has 8 nitrogen and oxygen atoms in total. The van der Waals surface area contributed by atoms with Gasteiger partial charge in [0.05, 0.1) is 12.2 Å². The molecule has 0 bridgehead atoms. The first-order valence-electron chi connectivity index (χ1n) is 9.98. The maximum atomic E-state index is 12.5. The van der Waals surface area contributed by atoms with Gasteiger partial charge in [0.2, 0.25) is 0 Å². The predicted octanol–water partition coefficient (Wildman–Crippen LogP) is 3.92. The van der Waals surface area contributed by atoms with Crippen LogP contribution in [0.15, 0.2) is 48.5 Å². The van der Waals surface area contributed by atoms with Crippen LogP contribution in [0.3, 0.4) is 0 Å². The number of benzene rings is 2. The van der Waals surface area contributed by atoms with Crippen LogP contribution >= 0.6 is 11.6 Å². The molecular formula is C23H20ClF2N3O5. The highest BCUT2D eigenvalue weighted by Crippen LogP contribution is 2.22. The van der Waals surface area contributed by atoms with E-state index in [1.54, 1.807) is 6.92 Å². The van der Waals surface area contributed by atoms with Gasteiger partial charge in [-0.1, -0.05) is 41.4 Å². The van der Waals surface area contributed by atoms with E-state index < -0.39 is 31.0 Å². The molecule has 0 atom stereocenters. The lowest BCUT2D eigenvalue weighted by Gasteiger charge is -2.07. The van der Waals surface area contributed by atoms with Crippen LogP contribution in [0, 0.1) is 13.8 Å². The summed E-state index contributed by atoms with van der Waals surface area (Å²) in [5.41, 5.74) is 2.40. The molecule has 0 fully saturated rings. The van der Waals surface area contributed by atoms with Crippen LogP contribution < -0.4 is 10.1 Å². The zero-order valence-electron chi connectivity index (χ0n) is 18.2. The fraction of sp³-hybridized carbons (Fsp3) is 0.217. The zero-order chi connectivity index (χ0) is 24.8. The minimum absolute atomic E-state index is 0.0162. The number of aromatic nitrogens is 2. The predicted molar refractivity (Wildman–Crippen MR) is 118 cm³/mol. The maximum absolute atomic E-state index is 12.5. The average Bonchev–Trinajstić information content (AvgIpc) is 3.06. The fourth-order valence-electron chi connectivity index (χ4n) is 2.98. The van der Waals surface area contributed by atoms with Gasteiger partial charge >= 0.3 is 12.6 Å². The zero-order valence-corrected chi connectivity index (χ0v) is 18.9. The Morgan fingerprint density at radius 1 is 1.06 bits per heavy atom. The van der Waals surface area contributed by atoms with Crippen molar-refractivity contribution in [2.75, 3.05) is 6.61 Å². The van der Waals surface area contributed by atoms with Crippen LogP contribution in [-0.2, 0) is 16.1 Å². The molecule has 3 rings (SSSR count). The van der Waals surface area contributed by atoms with Crippen LogP contribution in [0.5, 0.6) is 5.75 Å². The molecule has 1 N–H and O–H groups in total. The second kappa shape index (κ2) is 10.9. The van der Waals surface area contributed by atoms with Gasteiger partial charge in [0.1, 0.15) is 16.5 Å². The quantitative estimate of drug-likeness (QED) is 0.479. The number of aryl methyl sites for hydroxylation is 2. The number of nitrogens with zero attached hydrogens (tertiary/aromatic N) is 2. The van der Waals surface area contributed by atoms with Crippen molar-refractivity contribution >= 4 is 29.4 Å². The van der Waals surface area contributed by atoms with Crippen LogP contribution in [0.2, 0.25) is 5.15 Å². The summed E-state index contributed by atoms with van der Waals surface area (Å²) in [6, 6.07) is 12.5. The first-order valence-corrected chi connectivity index (χ1v) is 10.4. The number of esters is 1. The smallest absolute Gasteiger partial charge is 0.387 e. The molecule has 3 aromatic rings. The van der Waals surface area contributed by atoms with E-state index in [1.807, 2.05) is 36.5 Å². The Balaban J connectivity index is 1.56. The van der Waals surface area contributed by atoms with Gasteiger partial charge in [-0.3, -0.25) is 14.9 Å². The Labute approximate surface area is 198 Å². The molecule has 0 aliphatic carbocycles. The number of imide groups is 1. The molecule has 1 heterocycles. The molecule has 34 heavy (non-hydrogen) atoms. The van der Waals surface area contributed by atoms with Gasteiger partial charge < -0.3 is 9.47 Å². The average molecular weight is 492 g/mol. The lowest BCUT2D eigenvalue weighted by molar-refractivity contribution is -0.123. The van der Waals surface area contributed by atoms with Gasteiger partial charge in [0.25, 0.3) is 11.8 Å². The number of halogens is 3. The Kier molecular flexibility index (Phi) is 7.95. The van der Waals surface area contributed by atoms with E-state index >= 15 is 0 Å². The molecule has 2 aromatic carbocycles. The Morgan fingerprint density at radius 2 is 1.71 bits per heavy atom. The highest BCUT2D eigenvalue weighted by Gasteiger charge is 2.23. The molecule has 0 aliphatic rings. The number of carbonyl (C=O) groups is 3. The second-order valence-electron chi connectivity index (χ2n) is 7.25. The minimum atomic E-state index is -3.00. The minimum Gasteiger partial charge on any atom is -0.452 e. The first-order chi connectivity index (χ1) is 16.1. The molecule has 0 saturated heterocycles. The molecular weight excluding hydrogens is 472 g/mol. The summed E-state index contributed by atoms with van der Waals surface area (Å²) >= 11 is 6.32. The van der Waals surface area contributed by atoms with Gasteiger partial charge in [-0.25, -0.2) is 9.48 Å². The maximum Gasteiger partial charge on any atom is 0.387 e. The van der Waals surface area contributed by atoms with Crippen molar-refractivity contribution in [3.8, 4) is 5.75 Å². The molecule has 0 aliphatic heterocycles. The van der Waals surface area contributed by atoms with Crippen molar-refractivity contribution in [3.63, 3.8) is 0 Å². The third-order valence-corrected chi connectivity index (χ3v) is 5.04. The number of rotatable bonds is 8. The summed E-state index contributed by atoms with van der Waals surface area (Å²) in [6.07, 6.45) is 0. The molecule has 0 saturated carbocycles. The standard InChI is InChI=1S/C23H20ClF2N3O5/c1-13-3-5-15(6-4-13)11-29-20(24)19(14(2)28-29)22(32)33-12-18(30)27-21(31)16-7-9-17(10-8-16)34-23(25)26/h3-10,23H,11-12H2,1-2H3,(H,27,30,31). The normalized spacial score (nSPS) is 10.8. The number of hydrogen-bond acceptors (Lipinski definition) is 6. The second-order valence-corrected chi connectivity index (χ2v) is 7.61. The number of nitrogens with one attached hydrogen (secondary N) is 1. The van der Waals surface area contributed by atoms with E-state index in [0.29, 0.717) is 12.2 Å². The van der Waals surface area contributed by atoms with E-state index in [0.717, 1.165) is 23.3 Å². The summed E-state index contributed by atoms with van der Waals surface area (Å²) in [6.45, 7) is 0.148. The number of alkyl halides is 2. The highest BCUT2D eigenvalue weighted by atomic mass is 35.5. The third kappa shape index (κ3) is 6.38. The Morgan fingerprint density at radius 3 is 2.32 bits per heavy atom. The number of ether oxygens (including phenoxy) is 2. The van der Waals surface area contributed by atoms with E-state index in [4.69, 9.17) is 16.3 Å². The molecule has 2 amide bonds. The van der Waals surface area contributed by atoms with Crippen LogP contribution in [0.4, 0.5) is 8.78 Å². The third-order valence-electron chi connectivity index (χ3n) is 4.65. The van der Waals surface area contributed by atoms with Crippen molar-refractivity contribution in [3.05, 3.63) is 81.6 Å². The summed E-state index contributed by atoms with van der Waals surface area (Å²) in [7, 11) is 0. The summed E-state index contributed by atoms with van der Waals surface area (Å²) < 4.78 is 35.0. The number of hydrogen-bond donors (Lipinski definition) is 1. The molecule has 11 heteroatoms. The molecule has 178 valence electrons. The van der Waals surface area contributed by atoms with Crippen molar-refractivity contribution in [1.29, 1.82) is 0 Å². The van der Waals surface area contributed by atoms with E-state index in [1.165, 1.54) is 16.8 Å². The van der Waals surface area contributed by atoms with Crippen LogP contribution in [-0.4, -0.2) is 40.8 Å². The highest BCUT2D eigenvalue weighted by molar-refractivity contribution is 6.32. The van der Waals surface area contributed by atoms with Crippen LogP contribution in [0.25, 0.3) is 0 Å². The monoisotopic (exact) mass is 491 g/mol. The SMILES string of the molecule is Cc1ccc(Cn2nc(C)c(C(=O)OCC(=O)NC(=O)c3ccc(OC(F)F)cc3)c2Cl)cc1. The number of amides is 2. The molecule has 0 radical (unpaired) electrons. The fourth-order valence-corrected chi connectivity index (χ4v) is 3.29. The molecule has 0 unspecified atom stereocenters. The van der Waals surface area contributed by atoms with Crippen molar-refractivity contribution < 1.29 is 32.6 Å². The largest absolute Gasteiger partial charge is 0.452 e. The Bertz CT molecular complexity index is 1190. The van der Waals surface area contributed by atoms with Gasteiger partial charge in [-0.15, -0.1) is 0 Å².